The third-order valence-electron chi connectivity index (χ3n) is 9.96. The summed E-state index contributed by atoms with van der Waals surface area (Å²) in [5.41, 5.74) is 0.930. The highest BCUT2D eigenvalue weighted by molar-refractivity contribution is 7.08. The van der Waals surface area contributed by atoms with Gasteiger partial charge in [-0.15, -0.1) is 11.3 Å². The van der Waals surface area contributed by atoms with Crippen LogP contribution < -0.4 is 21.3 Å². The van der Waals surface area contributed by atoms with E-state index in [1.165, 1.54) is 24.5 Å². The van der Waals surface area contributed by atoms with Crippen LogP contribution in [0.15, 0.2) is 22.9 Å². The van der Waals surface area contributed by atoms with Crippen LogP contribution in [0.5, 0.6) is 0 Å². The molecule has 48 heavy (non-hydrogen) atoms. The first kappa shape index (κ1) is 34.6. The van der Waals surface area contributed by atoms with E-state index in [2.05, 4.69) is 26.2 Å². The van der Waals surface area contributed by atoms with Crippen LogP contribution in [0, 0.1) is 0 Å². The van der Waals surface area contributed by atoms with Crippen LogP contribution >= 0.6 is 22.9 Å². The van der Waals surface area contributed by atoms with Gasteiger partial charge in [-0.3, -0.25) is 9.69 Å². The van der Waals surface area contributed by atoms with Crippen molar-refractivity contribution in [2.24, 2.45) is 0 Å². The molecule has 1 atom stereocenters. The van der Waals surface area contributed by atoms with Crippen LogP contribution in [0.2, 0.25) is 5.02 Å². The Morgan fingerprint density at radius 3 is 2.33 bits per heavy atom. The van der Waals surface area contributed by atoms with Crippen molar-refractivity contribution in [2.45, 2.75) is 63.0 Å². The second-order valence-electron chi connectivity index (χ2n) is 12.9. The topological polar surface area (TPSA) is 112 Å². The minimum Gasteiger partial charge on any atom is -0.386 e. The molecule has 4 N–H and O–H groups in total. The summed E-state index contributed by atoms with van der Waals surface area (Å²) in [6.07, 6.45) is -2.12. The van der Waals surface area contributed by atoms with Gasteiger partial charge in [-0.05, 0) is 48.8 Å². The average Bonchev–Trinajstić information content (AvgIpc) is 3.54. The first-order valence-corrected chi connectivity index (χ1v) is 17.8. The summed E-state index contributed by atoms with van der Waals surface area (Å²) in [4.78, 5) is 48.0. The zero-order valence-corrected chi connectivity index (χ0v) is 28.4. The molecule has 6 rings (SSSR count). The largest absolute Gasteiger partial charge is 0.418 e. The second kappa shape index (κ2) is 14.7. The Morgan fingerprint density at radius 1 is 1.00 bits per heavy atom. The zero-order valence-electron chi connectivity index (χ0n) is 26.9. The molecule has 1 aromatic heterocycles. The molecular weight excluding hydrogens is 669 g/mol. The molecule has 3 fully saturated rings. The number of nitrogens with one attached hydrogen (secondary N) is 4. The van der Waals surface area contributed by atoms with Crippen molar-refractivity contribution in [1.82, 2.24) is 30.2 Å². The van der Waals surface area contributed by atoms with Crippen molar-refractivity contribution in [2.75, 3.05) is 70.0 Å². The van der Waals surface area contributed by atoms with Crippen LogP contribution in [-0.4, -0.2) is 115 Å². The lowest BCUT2D eigenvalue weighted by molar-refractivity contribution is -0.137. The van der Waals surface area contributed by atoms with Gasteiger partial charge in [0.05, 0.1) is 28.5 Å². The molecule has 0 radical (unpaired) electrons. The molecule has 2 aromatic rings. The Bertz CT molecular complexity index is 1490. The van der Waals surface area contributed by atoms with Crippen LogP contribution in [0.25, 0.3) is 0 Å². The Balaban J connectivity index is 1.14. The molecule has 0 saturated carbocycles. The van der Waals surface area contributed by atoms with Crippen molar-refractivity contribution in [1.29, 1.82) is 0 Å². The molecule has 0 spiro atoms. The minimum atomic E-state index is -4.67. The average molecular weight is 711 g/mol. The summed E-state index contributed by atoms with van der Waals surface area (Å²) in [6, 6.07) is 1.02. The molecule has 4 aliphatic rings. The van der Waals surface area contributed by atoms with E-state index < -0.39 is 23.8 Å². The van der Waals surface area contributed by atoms with Gasteiger partial charge in [0.25, 0.3) is 0 Å². The third-order valence-corrected chi connectivity index (χ3v) is 11.1. The predicted octanol–water partition coefficient (Wildman–Crippen LogP) is 4.49. The summed E-state index contributed by atoms with van der Waals surface area (Å²) < 4.78 is 42.0. The smallest absolute Gasteiger partial charge is 0.386 e. The number of thiophene rings is 1. The van der Waals surface area contributed by atoms with Crippen molar-refractivity contribution in [3.05, 3.63) is 44.6 Å². The quantitative estimate of drug-likeness (QED) is 0.337. The first-order chi connectivity index (χ1) is 23.0. The highest BCUT2D eigenvalue weighted by atomic mass is 35.5. The maximum atomic E-state index is 14.0. The molecule has 11 nitrogen and oxygen atoms in total. The number of benzene rings is 1. The lowest BCUT2D eigenvalue weighted by Gasteiger charge is -2.42. The fraction of sp³-hybridized carbons (Fsp3) is 0.594. The van der Waals surface area contributed by atoms with Gasteiger partial charge in [0, 0.05) is 88.9 Å². The Labute approximate surface area is 287 Å². The molecule has 262 valence electrons. The first-order valence-electron chi connectivity index (χ1n) is 16.5. The number of likely N-dealkylation sites (tertiary alicyclic amines) is 2. The fourth-order valence-electron chi connectivity index (χ4n) is 7.33. The van der Waals surface area contributed by atoms with Crippen molar-refractivity contribution >= 4 is 52.3 Å². The molecule has 16 heteroatoms. The number of nitrogens with zero attached hydrogens (tertiary/aromatic N) is 4. The molecule has 5 heterocycles. The van der Waals surface area contributed by atoms with Crippen molar-refractivity contribution in [3.8, 4) is 0 Å². The highest BCUT2D eigenvalue weighted by Crippen LogP contribution is 2.40. The van der Waals surface area contributed by atoms with E-state index in [0.29, 0.717) is 51.6 Å². The molecule has 3 saturated heterocycles. The number of hydrogen-bond donors (Lipinski definition) is 4. The van der Waals surface area contributed by atoms with Gasteiger partial charge in [0.1, 0.15) is 6.04 Å². The molecular formula is C32H42ClF3N8O3S. The number of fused-ring (bicyclic) bond motifs is 1. The Hall–Kier alpha value is -3.27. The lowest BCUT2D eigenvalue weighted by atomic mass is 9.98. The number of urea groups is 2. The van der Waals surface area contributed by atoms with Crippen LogP contribution in [0.4, 0.5) is 34.1 Å². The predicted molar refractivity (Wildman–Crippen MR) is 180 cm³/mol. The van der Waals surface area contributed by atoms with E-state index in [9.17, 15) is 27.6 Å². The van der Waals surface area contributed by atoms with E-state index >= 15 is 0 Å². The van der Waals surface area contributed by atoms with E-state index in [-0.39, 0.29) is 40.7 Å². The van der Waals surface area contributed by atoms with E-state index in [1.54, 1.807) is 14.7 Å². The van der Waals surface area contributed by atoms with Gasteiger partial charge in [0.2, 0.25) is 5.91 Å². The summed E-state index contributed by atoms with van der Waals surface area (Å²) in [7, 11) is 1.37. The molecule has 4 aliphatic heterocycles. The number of anilines is 2. The maximum Gasteiger partial charge on any atom is 0.418 e. The fourth-order valence-corrected chi connectivity index (χ4v) is 8.44. The van der Waals surface area contributed by atoms with Crippen LogP contribution in [-0.2, 0) is 23.9 Å². The Kier molecular flexibility index (Phi) is 10.6. The van der Waals surface area contributed by atoms with Gasteiger partial charge in [-0.2, -0.15) is 13.2 Å². The minimum absolute atomic E-state index is 0.0508. The number of amides is 5. The maximum absolute atomic E-state index is 14.0. The molecule has 1 aromatic carbocycles. The SMILES string of the molecule is CNc1c(Cl)cc(C[C@@H](NC(=O)N2CCC(N3Cc4cscc4NC3=O)CC2)C(=O)N2CCC(N3CCNCC3)CC2)cc1C(F)(F)F. The monoisotopic (exact) mass is 710 g/mol. The van der Waals surface area contributed by atoms with Crippen molar-refractivity contribution in [3.63, 3.8) is 0 Å². The van der Waals surface area contributed by atoms with Gasteiger partial charge in [-0.1, -0.05) is 11.6 Å². The zero-order chi connectivity index (χ0) is 34.0. The number of alkyl halides is 3. The number of carbonyl (C=O) groups is 3. The van der Waals surface area contributed by atoms with Crippen LogP contribution in [0.1, 0.15) is 42.4 Å². The number of piperidine rings is 2. The van der Waals surface area contributed by atoms with Gasteiger partial charge in [-0.25, -0.2) is 9.59 Å². The summed E-state index contributed by atoms with van der Waals surface area (Å²) in [5, 5.41) is 15.5. The number of rotatable bonds is 7. The molecule has 0 bridgehead atoms. The number of halogens is 4. The van der Waals surface area contributed by atoms with Gasteiger partial charge in [0.15, 0.2) is 0 Å². The molecule has 5 amide bonds. The van der Waals surface area contributed by atoms with Gasteiger partial charge < -0.3 is 36.0 Å². The molecule has 0 unspecified atom stereocenters. The van der Waals surface area contributed by atoms with Gasteiger partial charge >= 0.3 is 18.2 Å². The second-order valence-corrected chi connectivity index (χ2v) is 14.0. The number of carbonyl (C=O) groups excluding carboxylic acids is 3. The van der Waals surface area contributed by atoms with E-state index in [4.69, 9.17) is 11.6 Å². The Morgan fingerprint density at radius 2 is 1.67 bits per heavy atom. The molecule has 0 aliphatic carbocycles. The lowest BCUT2D eigenvalue weighted by Crippen LogP contribution is -2.58. The third kappa shape index (κ3) is 7.63. The normalized spacial score (nSPS) is 20.7. The number of piperazine rings is 1. The highest BCUT2D eigenvalue weighted by Gasteiger charge is 2.38. The van der Waals surface area contributed by atoms with E-state index in [1.807, 2.05) is 10.8 Å². The summed E-state index contributed by atoms with van der Waals surface area (Å²) in [6.45, 7) is 6.03. The summed E-state index contributed by atoms with van der Waals surface area (Å²) >= 11 is 7.82. The number of hydrogen-bond acceptors (Lipinski definition) is 7. The van der Waals surface area contributed by atoms with Crippen molar-refractivity contribution < 1.29 is 27.6 Å². The van der Waals surface area contributed by atoms with Crippen LogP contribution in [0.3, 0.4) is 0 Å². The van der Waals surface area contributed by atoms with E-state index in [0.717, 1.165) is 56.3 Å². The summed E-state index contributed by atoms with van der Waals surface area (Å²) in [5.74, 6) is -0.323. The standard InChI is InChI=1S/C32H42ClF3N8O3S/c1-37-28-24(32(34,35)36)14-20(15-25(28)33)16-26(29(45)42-8-2-22(3-9-42)41-12-6-38-7-13-41)39-30(46)43-10-4-23(5-11-43)44-17-21-18-48-19-27(21)40-31(44)47/h14-15,18-19,22-23,26,37-38H,2-13,16-17H2,1H3,(H,39,46)(H,40,47)/t26-/m1/s1.